The maximum atomic E-state index is 13.5. The molecule has 1 unspecified atom stereocenters. The van der Waals surface area contributed by atoms with E-state index in [9.17, 15) is 4.39 Å². The molecule has 1 rings (SSSR count). The first-order chi connectivity index (χ1) is 7.69. The van der Waals surface area contributed by atoms with Gasteiger partial charge in [-0.1, -0.05) is 17.7 Å². The van der Waals surface area contributed by atoms with Crippen LogP contribution in [0.25, 0.3) is 0 Å². The summed E-state index contributed by atoms with van der Waals surface area (Å²) < 4.78 is 18.5. The molecule has 1 aromatic carbocycles. The monoisotopic (exact) mass is 245 g/mol. The van der Waals surface area contributed by atoms with Crippen LogP contribution in [-0.4, -0.2) is 26.8 Å². The molecule has 0 aliphatic carbocycles. The molecule has 0 radical (unpaired) electrons. The van der Waals surface area contributed by atoms with Crippen molar-refractivity contribution in [1.82, 2.24) is 5.32 Å². The zero-order valence-electron chi connectivity index (χ0n) is 9.59. The van der Waals surface area contributed by atoms with Gasteiger partial charge in [0.05, 0.1) is 6.61 Å². The number of methoxy groups -OCH3 is 1. The van der Waals surface area contributed by atoms with Gasteiger partial charge in [0.15, 0.2) is 0 Å². The number of benzene rings is 1. The van der Waals surface area contributed by atoms with Gasteiger partial charge in [-0.05, 0) is 32.0 Å². The van der Waals surface area contributed by atoms with Crippen LogP contribution in [0.4, 0.5) is 4.39 Å². The van der Waals surface area contributed by atoms with Crippen LogP contribution < -0.4 is 5.32 Å². The Bertz CT molecular complexity index is 313. The number of hydrogen-bond acceptors (Lipinski definition) is 2. The van der Waals surface area contributed by atoms with E-state index in [0.717, 1.165) is 6.42 Å². The Morgan fingerprint density at radius 1 is 1.50 bits per heavy atom. The third kappa shape index (κ3) is 3.74. The summed E-state index contributed by atoms with van der Waals surface area (Å²) in [5.41, 5.74) is 0.584. The fourth-order valence-corrected chi connectivity index (χ4v) is 1.86. The Kier molecular flexibility index (Phi) is 5.74. The van der Waals surface area contributed by atoms with Gasteiger partial charge in [0.2, 0.25) is 0 Å². The number of likely N-dealkylation sites (N-methyl/N-ethyl adjacent to an activating group) is 1. The molecule has 0 aliphatic rings. The van der Waals surface area contributed by atoms with Gasteiger partial charge in [0.1, 0.15) is 5.82 Å². The predicted octanol–water partition coefficient (Wildman–Crippen LogP) is 2.65. The third-order valence-corrected chi connectivity index (χ3v) is 2.93. The van der Waals surface area contributed by atoms with Crippen molar-refractivity contribution in [2.45, 2.75) is 18.9 Å². The molecule has 1 atom stereocenters. The van der Waals surface area contributed by atoms with E-state index >= 15 is 0 Å². The Balaban J connectivity index is 2.59. The number of hydrogen-bond donors (Lipinski definition) is 1. The van der Waals surface area contributed by atoms with Crippen LogP contribution in [0.3, 0.4) is 0 Å². The van der Waals surface area contributed by atoms with Crippen molar-refractivity contribution >= 4 is 11.6 Å². The summed E-state index contributed by atoms with van der Waals surface area (Å²) in [6, 6.07) is 4.99. The zero-order valence-corrected chi connectivity index (χ0v) is 10.4. The molecule has 90 valence electrons. The lowest BCUT2D eigenvalue weighted by Crippen LogP contribution is -2.30. The minimum absolute atomic E-state index is 0.223. The van der Waals surface area contributed by atoms with Crippen LogP contribution in [0, 0.1) is 5.82 Å². The first kappa shape index (κ1) is 13.4. The average molecular weight is 246 g/mol. The molecule has 0 bridgehead atoms. The molecule has 1 N–H and O–H groups in total. The largest absolute Gasteiger partial charge is 0.383 e. The average Bonchev–Trinajstić information content (AvgIpc) is 2.27. The smallest absolute Gasteiger partial charge is 0.127 e. The number of halogens is 2. The molecule has 0 spiro atoms. The summed E-state index contributed by atoms with van der Waals surface area (Å²) in [6.07, 6.45) is 1.41. The fourth-order valence-electron chi connectivity index (χ4n) is 1.60. The summed E-state index contributed by atoms with van der Waals surface area (Å²) in [5, 5.41) is 3.61. The van der Waals surface area contributed by atoms with Crippen LogP contribution in [0.5, 0.6) is 0 Å². The molecule has 0 aromatic heterocycles. The quantitative estimate of drug-likeness (QED) is 0.832. The minimum atomic E-state index is -0.236. The van der Waals surface area contributed by atoms with Crippen LogP contribution in [0.1, 0.15) is 12.0 Å². The van der Waals surface area contributed by atoms with Gasteiger partial charge in [-0.25, -0.2) is 4.39 Å². The van der Waals surface area contributed by atoms with E-state index < -0.39 is 0 Å². The molecule has 16 heavy (non-hydrogen) atoms. The summed E-state index contributed by atoms with van der Waals surface area (Å²) in [7, 11) is 3.52. The molecular weight excluding hydrogens is 229 g/mol. The van der Waals surface area contributed by atoms with Crippen LogP contribution in [0.15, 0.2) is 18.2 Å². The molecule has 0 heterocycles. The molecular formula is C12H17ClFNO. The molecule has 0 saturated heterocycles. The molecule has 4 heteroatoms. The Morgan fingerprint density at radius 2 is 2.25 bits per heavy atom. The SMILES string of the molecule is CNC(CCc1c(F)cccc1Cl)COC. The second-order valence-electron chi connectivity index (χ2n) is 3.68. The standard InChI is InChI=1S/C12H17ClFNO/c1-15-9(8-16-2)6-7-10-11(13)4-3-5-12(10)14/h3-5,9,15H,6-8H2,1-2H3. The van der Waals surface area contributed by atoms with Gasteiger partial charge in [0.25, 0.3) is 0 Å². The first-order valence-corrected chi connectivity index (χ1v) is 5.66. The lowest BCUT2D eigenvalue weighted by atomic mass is 10.1. The molecule has 0 fully saturated rings. The zero-order chi connectivity index (χ0) is 12.0. The van der Waals surface area contributed by atoms with Gasteiger partial charge < -0.3 is 10.1 Å². The van der Waals surface area contributed by atoms with Crippen LogP contribution in [0.2, 0.25) is 5.02 Å². The minimum Gasteiger partial charge on any atom is -0.383 e. The van der Waals surface area contributed by atoms with Crippen LogP contribution >= 0.6 is 11.6 Å². The summed E-state index contributed by atoms with van der Waals surface area (Å²) in [4.78, 5) is 0. The van der Waals surface area contributed by atoms with E-state index in [1.54, 1.807) is 19.2 Å². The highest BCUT2D eigenvalue weighted by atomic mass is 35.5. The van der Waals surface area contributed by atoms with E-state index in [0.29, 0.717) is 23.6 Å². The fraction of sp³-hybridized carbons (Fsp3) is 0.500. The topological polar surface area (TPSA) is 21.3 Å². The molecule has 1 aromatic rings. The van der Waals surface area contributed by atoms with E-state index in [4.69, 9.17) is 16.3 Å². The van der Waals surface area contributed by atoms with Gasteiger partial charge in [-0.3, -0.25) is 0 Å². The predicted molar refractivity (Wildman–Crippen MR) is 64.5 cm³/mol. The highest BCUT2D eigenvalue weighted by Crippen LogP contribution is 2.20. The van der Waals surface area contributed by atoms with Crippen molar-refractivity contribution < 1.29 is 9.13 Å². The van der Waals surface area contributed by atoms with Crippen molar-refractivity contribution in [3.05, 3.63) is 34.6 Å². The lowest BCUT2D eigenvalue weighted by Gasteiger charge is -2.15. The summed E-state index contributed by atoms with van der Waals surface area (Å²) in [6.45, 7) is 0.614. The number of nitrogens with one attached hydrogen (secondary N) is 1. The Hall–Kier alpha value is -0.640. The van der Waals surface area contributed by atoms with Crippen molar-refractivity contribution in [3.8, 4) is 0 Å². The normalized spacial score (nSPS) is 12.8. The Morgan fingerprint density at radius 3 is 2.81 bits per heavy atom. The van der Waals surface area contributed by atoms with E-state index in [1.165, 1.54) is 6.07 Å². The van der Waals surface area contributed by atoms with E-state index in [1.807, 2.05) is 7.05 Å². The van der Waals surface area contributed by atoms with Crippen molar-refractivity contribution in [2.24, 2.45) is 0 Å². The number of rotatable bonds is 6. The molecule has 0 saturated carbocycles. The second kappa shape index (κ2) is 6.84. The Labute approximate surface area is 101 Å². The third-order valence-electron chi connectivity index (χ3n) is 2.58. The van der Waals surface area contributed by atoms with E-state index in [2.05, 4.69) is 5.32 Å². The van der Waals surface area contributed by atoms with Crippen molar-refractivity contribution in [1.29, 1.82) is 0 Å². The van der Waals surface area contributed by atoms with Crippen LogP contribution in [-0.2, 0) is 11.2 Å². The summed E-state index contributed by atoms with van der Waals surface area (Å²) in [5.74, 6) is -0.236. The molecule has 0 aliphatic heterocycles. The van der Waals surface area contributed by atoms with E-state index in [-0.39, 0.29) is 11.9 Å². The lowest BCUT2D eigenvalue weighted by molar-refractivity contribution is 0.166. The maximum absolute atomic E-state index is 13.5. The highest BCUT2D eigenvalue weighted by Gasteiger charge is 2.10. The number of ether oxygens (including phenoxy) is 1. The highest BCUT2D eigenvalue weighted by molar-refractivity contribution is 6.31. The summed E-state index contributed by atoms with van der Waals surface area (Å²) >= 11 is 5.94. The second-order valence-corrected chi connectivity index (χ2v) is 4.09. The van der Waals surface area contributed by atoms with Crippen molar-refractivity contribution in [3.63, 3.8) is 0 Å². The molecule has 2 nitrogen and oxygen atoms in total. The van der Waals surface area contributed by atoms with Gasteiger partial charge in [-0.2, -0.15) is 0 Å². The maximum Gasteiger partial charge on any atom is 0.127 e. The molecule has 0 amide bonds. The van der Waals surface area contributed by atoms with Crippen molar-refractivity contribution in [2.75, 3.05) is 20.8 Å². The van der Waals surface area contributed by atoms with Gasteiger partial charge >= 0.3 is 0 Å². The van der Waals surface area contributed by atoms with Gasteiger partial charge in [-0.15, -0.1) is 0 Å². The van der Waals surface area contributed by atoms with Gasteiger partial charge in [0, 0.05) is 23.7 Å². The first-order valence-electron chi connectivity index (χ1n) is 5.28.